The van der Waals surface area contributed by atoms with Crippen LogP contribution in [0.3, 0.4) is 0 Å². The van der Waals surface area contributed by atoms with Crippen molar-refractivity contribution in [3.8, 4) is 0 Å². The molecular weight excluding hydrogens is 182 g/mol. The van der Waals surface area contributed by atoms with E-state index in [9.17, 15) is 0 Å². The highest BCUT2D eigenvalue weighted by Crippen LogP contribution is 2.37. The quantitative estimate of drug-likeness (QED) is 0.614. The standard InChI is InChI=1S/C14H13N/c1-15-12-7-3-2-6-11(10-12)13-8-4-5-9-14(13)15/h2-11H,1H3. The van der Waals surface area contributed by atoms with Crippen LogP contribution >= 0.6 is 0 Å². The van der Waals surface area contributed by atoms with Gasteiger partial charge in [-0.1, -0.05) is 36.4 Å². The van der Waals surface area contributed by atoms with Gasteiger partial charge >= 0.3 is 0 Å². The van der Waals surface area contributed by atoms with Crippen LogP contribution < -0.4 is 4.90 Å². The molecule has 1 aliphatic carbocycles. The van der Waals surface area contributed by atoms with Crippen LogP contribution in [0.1, 0.15) is 11.5 Å². The predicted molar refractivity (Wildman–Crippen MR) is 63.9 cm³/mol. The number of likely N-dealkylation sites (N-methyl/N-ethyl adjacent to an activating group) is 1. The third-order valence-corrected chi connectivity index (χ3v) is 3.09. The topological polar surface area (TPSA) is 3.24 Å². The minimum Gasteiger partial charge on any atom is -0.345 e. The molecule has 1 unspecified atom stereocenters. The van der Waals surface area contributed by atoms with Crippen molar-refractivity contribution in [3.05, 3.63) is 65.9 Å². The Bertz CT molecular complexity index is 480. The lowest BCUT2D eigenvalue weighted by atomic mass is 9.92. The van der Waals surface area contributed by atoms with Crippen LogP contribution in [-0.2, 0) is 0 Å². The molecule has 1 heterocycles. The maximum Gasteiger partial charge on any atom is 0.0449 e. The van der Waals surface area contributed by atoms with Gasteiger partial charge in [0.15, 0.2) is 0 Å². The lowest BCUT2D eigenvalue weighted by molar-refractivity contribution is 0.973. The van der Waals surface area contributed by atoms with E-state index in [-0.39, 0.29) is 0 Å². The highest BCUT2D eigenvalue weighted by atomic mass is 15.1. The summed E-state index contributed by atoms with van der Waals surface area (Å²) < 4.78 is 0. The normalized spacial score (nSPS) is 22.1. The third-order valence-electron chi connectivity index (χ3n) is 3.09. The van der Waals surface area contributed by atoms with Crippen molar-refractivity contribution in [2.45, 2.75) is 5.92 Å². The van der Waals surface area contributed by atoms with Crippen molar-refractivity contribution in [1.29, 1.82) is 0 Å². The van der Waals surface area contributed by atoms with Gasteiger partial charge in [-0.2, -0.15) is 0 Å². The number of rotatable bonds is 0. The predicted octanol–water partition coefficient (Wildman–Crippen LogP) is 3.23. The molecule has 0 fully saturated rings. The van der Waals surface area contributed by atoms with Crippen molar-refractivity contribution >= 4 is 5.69 Å². The molecule has 1 aromatic carbocycles. The van der Waals surface area contributed by atoms with Gasteiger partial charge < -0.3 is 4.90 Å². The minimum atomic E-state index is 0.433. The van der Waals surface area contributed by atoms with Gasteiger partial charge in [0.25, 0.3) is 0 Å². The zero-order valence-electron chi connectivity index (χ0n) is 8.72. The molecule has 74 valence electrons. The molecule has 3 rings (SSSR count). The van der Waals surface area contributed by atoms with Crippen LogP contribution in [0.15, 0.2) is 60.3 Å². The molecular formula is C14H13N. The highest BCUT2D eigenvalue weighted by molar-refractivity contribution is 5.66. The summed E-state index contributed by atoms with van der Waals surface area (Å²) >= 11 is 0. The van der Waals surface area contributed by atoms with Crippen molar-refractivity contribution < 1.29 is 0 Å². The summed E-state index contributed by atoms with van der Waals surface area (Å²) in [5, 5.41) is 0. The molecule has 15 heavy (non-hydrogen) atoms. The fourth-order valence-corrected chi connectivity index (χ4v) is 2.26. The summed E-state index contributed by atoms with van der Waals surface area (Å²) in [6.45, 7) is 0. The number of nitrogens with zero attached hydrogens (tertiary/aromatic N) is 1. The average molecular weight is 195 g/mol. The van der Waals surface area contributed by atoms with E-state index in [0.29, 0.717) is 5.92 Å². The largest absolute Gasteiger partial charge is 0.345 e. The van der Waals surface area contributed by atoms with Gasteiger partial charge in [0.05, 0.1) is 0 Å². The van der Waals surface area contributed by atoms with E-state index in [1.165, 1.54) is 16.9 Å². The van der Waals surface area contributed by atoms with Crippen LogP contribution in [0.25, 0.3) is 0 Å². The molecule has 1 aliphatic heterocycles. The van der Waals surface area contributed by atoms with Crippen LogP contribution in [-0.4, -0.2) is 7.05 Å². The molecule has 1 aromatic rings. The average Bonchev–Trinajstić information content (AvgIpc) is 2.50. The molecule has 2 bridgehead atoms. The monoisotopic (exact) mass is 195 g/mol. The first kappa shape index (κ1) is 8.54. The van der Waals surface area contributed by atoms with Gasteiger partial charge in [-0.25, -0.2) is 0 Å². The second-order valence-electron chi connectivity index (χ2n) is 3.98. The van der Waals surface area contributed by atoms with Gasteiger partial charge in [-0.15, -0.1) is 0 Å². The summed E-state index contributed by atoms with van der Waals surface area (Å²) in [5.74, 6) is 0.433. The molecule has 0 saturated carbocycles. The van der Waals surface area contributed by atoms with Crippen molar-refractivity contribution in [1.82, 2.24) is 0 Å². The number of allylic oxidation sites excluding steroid dienone is 5. The van der Waals surface area contributed by atoms with E-state index in [1.54, 1.807) is 0 Å². The fraction of sp³-hybridized carbons (Fsp3) is 0.143. The van der Waals surface area contributed by atoms with E-state index in [1.807, 2.05) is 0 Å². The molecule has 0 radical (unpaired) electrons. The van der Waals surface area contributed by atoms with Gasteiger partial charge in [0.2, 0.25) is 0 Å². The molecule has 0 aromatic heterocycles. The van der Waals surface area contributed by atoms with Crippen LogP contribution in [0.4, 0.5) is 5.69 Å². The van der Waals surface area contributed by atoms with E-state index in [4.69, 9.17) is 0 Å². The molecule has 0 saturated heterocycles. The van der Waals surface area contributed by atoms with E-state index in [2.05, 4.69) is 66.6 Å². The summed E-state index contributed by atoms with van der Waals surface area (Å²) in [6, 6.07) is 8.60. The fourth-order valence-electron chi connectivity index (χ4n) is 2.26. The summed E-state index contributed by atoms with van der Waals surface area (Å²) in [5.41, 5.74) is 3.99. The van der Waals surface area contributed by atoms with Crippen LogP contribution in [0.2, 0.25) is 0 Å². The first-order valence-corrected chi connectivity index (χ1v) is 5.25. The smallest absolute Gasteiger partial charge is 0.0449 e. The van der Waals surface area contributed by atoms with Gasteiger partial charge in [0, 0.05) is 24.4 Å². The van der Waals surface area contributed by atoms with Crippen molar-refractivity contribution in [2.24, 2.45) is 0 Å². The third kappa shape index (κ3) is 1.23. The number of benzene rings is 1. The molecule has 1 atom stereocenters. The Kier molecular flexibility index (Phi) is 1.78. The zero-order valence-corrected chi connectivity index (χ0v) is 8.72. The van der Waals surface area contributed by atoms with E-state index >= 15 is 0 Å². The molecule has 0 spiro atoms. The first-order chi connectivity index (χ1) is 7.36. The van der Waals surface area contributed by atoms with Crippen molar-refractivity contribution in [3.63, 3.8) is 0 Å². The first-order valence-electron chi connectivity index (χ1n) is 5.25. The highest BCUT2D eigenvalue weighted by Gasteiger charge is 2.21. The number of hydrogen-bond donors (Lipinski definition) is 0. The zero-order chi connectivity index (χ0) is 10.3. The molecule has 2 aliphatic rings. The Morgan fingerprint density at radius 1 is 1.13 bits per heavy atom. The van der Waals surface area contributed by atoms with Gasteiger partial charge in [-0.3, -0.25) is 0 Å². The maximum atomic E-state index is 2.31. The van der Waals surface area contributed by atoms with Crippen LogP contribution in [0, 0.1) is 0 Å². The Labute approximate surface area is 90.0 Å². The van der Waals surface area contributed by atoms with E-state index in [0.717, 1.165) is 0 Å². The molecule has 0 amide bonds. The lowest BCUT2D eigenvalue weighted by Gasteiger charge is -2.30. The lowest BCUT2D eigenvalue weighted by Crippen LogP contribution is -2.21. The molecule has 1 heteroatoms. The Morgan fingerprint density at radius 2 is 2.00 bits per heavy atom. The summed E-state index contributed by atoms with van der Waals surface area (Å²) in [7, 11) is 2.12. The SMILES string of the molecule is CN1C2=CC(C=CC=C2)c2ccccc21. The number of para-hydroxylation sites is 1. The second kappa shape index (κ2) is 3.13. The Morgan fingerprint density at radius 3 is 2.93 bits per heavy atom. The minimum absolute atomic E-state index is 0.433. The van der Waals surface area contributed by atoms with Crippen LogP contribution in [0.5, 0.6) is 0 Å². The molecule has 1 nitrogen and oxygen atoms in total. The van der Waals surface area contributed by atoms with Gasteiger partial charge in [0.1, 0.15) is 0 Å². The number of fused-ring (bicyclic) bond motifs is 3. The summed E-state index contributed by atoms with van der Waals surface area (Å²) in [6.07, 6.45) is 10.9. The number of anilines is 1. The summed E-state index contributed by atoms with van der Waals surface area (Å²) in [4.78, 5) is 2.25. The Hall–Kier alpha value is -1.76. The van der Waals surface area contributed by atoms with E-state index < -0.39 is 0 Å². The van der Waals surface area contributed by atoms with Crippen molar-refractivity contribution in [2.75, 3.05) is 11.9 Å². The van der Waals surface area contributed by atoms with Gasteiger partial charge in [-0.05, 0) is 23.8 Å². The Balaban J connectivity index is 2.22. The molecule has 0 N–H and O–H groups in total. The maximum absolute atomic E-state index is 2.31. The second-order valence-corrected chi connectivity index (χ2v) is 3.98. The number of hydrogen-bond acceptors (Lipinski definition) is 1.